The summed E-state index contributed by atoms with van der Waals surface area (Å²) < 4.78 is 5.24. The maximum absolute atomic E-state index is 12.7. The fourth-order valence-corrected chi connectivity index (χ4v) is 5.36. The van der Waals surface area contributed by atoms with Crippen molar-refractivity contribution in [2.75, 3.05) is 32.1 Å². The van der Waals surface area contributed by atoms with E-state index in [1.807, 2.05) is 24.3 Å². The first-order chi connectivity index (χ1) is 17.5. The van der Waals surface area contributed by atoms with Gasteiger partial charge in [0.25, 0.3) is 5.91 Å². The van der Waals surface area contributed by atoms with Crippen LogP contribution in [0, 0.1) is 6.92 Å². The van der Waals surface area contributed by atoms with E-state index in [9.17, 15) is 4.79 Å². The molecule has 0 atom stereocenters. The number of nitrogens with one attached hydrogen (secondary N) is 2. The molecule has 0 unspecified atom stereocenters. The minimum atomic E-state index is -0.135. The number of likely N-dealkylation sites (tertiary alicyclic amines) is 1. The Morgan fingerprint density at radius 3 is 2.75 bits per heavy atom. The number of amides is 1. The molecule has 4 aromatic rings. The summed E-state index contributed by atoms with van der Waals surface area (Å²) in [6.45, 7) is 5.32. The van der Waals surface area contributed by atoms with Crippen LogP contribution in [0.15, 0.2) is 66.9 Å². The molecule has 1 saturated heterocycles. The van der Waals surface area contributed by atoms with Crippen molar-refractivity contribution in [3.63, 3.8) is 0 Å². The molecule has 1 aromatic heterocycles. The van der Waals surface area contributed by atoms with Crippen molar-refractivity contribution < 1.29 is 9.53 Å². The molecule has 1 aliphatic heterocycles. The van der Waals surface area contributed by atoms with Crippen molar-refractivity contribution in [2.45, 2.75) is 32.1 Å². The molecule has 36 heavy (non-hydrogen) atoms. The minimum Gasteiger partial charge on any atom is -0.497 e. The molecule has 5 rings (SSSR count). The van der Waals surface area contributed by atoms with E-state index in [0.29, 0.717) is 17.2 Å². The molecular formula is C30H32ClN3O2. The van der Waals surface area contributed by atoms with Gasteiger partial charge in [0.2, 0.25) is 0 Å². The highest BCUT2D eigenvalue weighted by Crippen LogP contribution is 2.34. The summed E-state index contributed by atoms with van der Waals surface area (Å²) in [6.07, 6.45) is 5.42. The van der Waals surface area contributed by atoms with Crippen LogP contribution in [0.25, 0.3) is 10.9 Å². The van der Waals surface area contributed by atoms with Crippen molar-refractivity contribution in [1.29, 1.82) is 0 Å². The van der Waals surface area contributed by atoms with Crippen LogP contribution < -0.4 is 10.1 Å². The average molecular weight is 502 g/mol. The summed E-state index contributed by atoms with van der Waals surface area (Å²) in [5.41, 5.74) is 6.47. The molecular weight excluding hydrogens is 470 g/mol. The molecule has 1 aliphatic rings. The highest BCUT2D eigenvalue weighted by Gasteiger charge is 2.23. The normalized spacial score (nSPS) is 14.8. The molecule has 3 aromatic carbocycles. The minimum absolute atomic E-state index is 0.135. The molecule has 0 spiro atoms. The van der Waals surface area contributed by atoms with Gasteiger partial charge in [-0.1, -0.05) is 23.7 Å². The first kappa shape index (κ1) is 24.4. The van der Waals surface area contributed by atoms with Crippen molar-refractivity contribution in [3.05, 3.63) is 94.1 Å². The number of piperidine rings is 1. The molecule has 1 fully saturated rings. The van der Waals surface area contributed by atoms with Crippen molar-refractivity contribution >= 4 is 34.1 Å². The van der Waals surface area contributed by atoms with Crippen molar-refractivity contribution in [1.82, 2.24) is 9.88 Å². The topological polar surface area (TPSA) is 57.4 Å². The van der Waals surface area contributed by atoms with Crippen LogP contribution in [-0.2, 0) is 6.42 Å². The third-order valence-electron chi connectivity index (χ3n) is 7.34. The molecule has 0 saturated carbocycles. The molecule has 2 N–H and O–H groups in total. The average Bonchev–Trinajstić information content (AvgIpc) is 3.32. The van der Waals surface area contributed by atoms with Gasteiger partial charge in [0.15, 0.2) is 0 Å². The van der Waals surface area contributed by atoms with Crippen LogP contribution in [0.2, 0.25) is 5.02 Å². The number of rotatable bonds is 7. The largest absolute Gasteiger partial charge is 0.497 e. The van der Waals surface area contributed by atoms with E-state index >= 15 is 0 Å². The van der Waals surface area contributed by atoms with E-state index in [2.05, 4.69) is 52.6 Å². The summed E-state index contributed by atoms with van der Waals surface area (Å²) in [7, 11) is 1.60. The second-order valence-corrected chi connectivity index (χ2v) is 10.1. The van der Waals surface area contributed by atoms with Gasteiger partial charge in [-0.05, 0) is 110 Å². The Bertz CT molecular complexity index is 1370. The zero-order valence-electron chi connectivity index (χ0n) is 20.8. The number of ether oxygens (including phenoxy) is 1. The summed E-state index contributed by atoms with van der Waals surface area (Å²) in [5.74, 6) is 1.10. The van der Waals surface area contributed by atoms with Gasteiger partial charge in [-0.3, -0.25) is 4.79 Å². The van der Waals surface area contributed by atoms with Gasteiger partial charge in [-0.25, -0.2) is 0 Å². The molecule has 186 valence electrons. The highest BCUT2D eigenvalue weighted by molar-refractivity contribution is 6.31. The summed E-state index contributed by atoms with van der Waals surface area (Å²) in [4.78, 5) is 18.7. The van der Waals surface area contributed by atoms with Crippen molar-refractivity contribution in [3.8, 4) is 5.75 Å². The molecule has 0 bridgehead atoms. The zero-order chi connectivity index (χ0) is 25.1. The number of aryl methyl sites for hydroxylation is 1. The smallest absolute Gasteiger partial charge is 0.255 e. The summed E-state index contributed by atoms with van der Waals surface area (Å²) in [5, 5.41) is 5.08. The highest BCUT2D eigenvalue weighted by atomic mass is 35.5. The van der Waals surface area contributed by atoms with E-state index in [1.165, 1.54) is 22.1 Å². The number of H-pyrrole nitrogens is 1. The lowest BCUT2D eigenvalue weighted by Crippen LogP contribution is -2.34. The molecule has 2 heterocycles. The number of hydrogen-bond donors (Lipinski definition) is 2. The lowest BCUT2D eigenvalue weighted by molar-refractivity contribution is 0.102. The van der Waals surface area contributed by atoms with Gasteiger partial charge in [-0.15, -0.1) is 0 Å². The number of anilines is 1. The van der Waals surface area contributed by atoms with E-state index in [-0.39, 0.29) is 5.91 Å². The van der Waals surface area contributed by atoms with Gasteiger partial charge in [0.05, 0.1) is 7.11 Å². The molecule has 5 nitrogen and oxygen atoms in total. The van der Waals surface area contributed by atoms with Gasteiger partial charge in [-0.2, -0.15) is 0 Å². The number of halogens is 1. The quantitative estimate of drug-likeness (QED) is 0.292. The second-order valence-electron chi connectivity index (χ2n) is 9.63. The van der Waals surface area contributed by atoms with Crippen LogP contribution in [0.5, 0.6) is 5.75 Å². The Morgan fingerprint density at radius 1 is 1.11 bits per heavy atom. The number of carbonyl (C=O) groups excluding carboxylic acids is 1. The predicted octanol–water partition coefficient (Wildman–Crippen LogP) is 6.81. The lowest BCUT2D eigenvalue weighted by atomic mass is 9.89. The number of fused-ring (bicyclic) bond motifs is 1. The number of aromatic nitrogens is 1. The standard InChI is InChI=1S/C30H32ClN3O2/c1-20-6-8-25(33-30(35)23-4-3-5-26(17-23)36-2)16-22(20)12-15-34-13-10-21(11-14-34)28-19-32-29-9-7-24(31)18-27(28)29/h3-9,16-19,21,32H,10-15H2,1-2H3,(H,33,35). The number of aromatic amines is 1. The second kappa shape index (κ2) is 10.8. The lowest BCUT2D eigenvalue weighted by Gasteiger charge is -2.32. The molecule has 0 radical (unpaired) electrons. The third kappa shape index (κ3) is 5.43. The van der Waals surface area contributed by atoms with Crippen LogP contribution in [-0.4, -0.2) is 42.5 Å². The van der Waals surface area contributed by atoms with Gasteiger partial charge in [0.1, 0.15) is 5.75 Å². The van der Waals surface area contributed by atoms with Gasteiger partial charge < -0.3 is 19.9 Å². The van der Waals surface area contributed by atoms with Gasteiger partial charge in [0, 0.05) is 39.9 Å². The van der Waals surface area contributed by atoms with Crippen LogP contribution in [0.1, 0.15) is 45.8 Å². The number of benzene rings is 3. The Kier molecular flexibility index (Phi) is 7.30. The fraction of sp³-hybridized carbons (Fsp3) is 0.300. The van der Waals surface area contributed by atoms with E-state index < -0.39 is 0 Å². The molecule has 1 amide bonds. The number of carbonyl (C=O) groups is 1. The Morgan fingerprint density at radius 2 is 1.94 bits per heavy atom. The Hall–Kier alpha value is -3.28. The van der Waals surface area contributed by atoms with Gasteiger partial charge >= 0.3 is 0 Å². The first-order valence-corrected chi connectivity index (χ1v) is 12.9. The van der Waals surface area contributed by atoms with Crippen LogP contribution in [0.4, 0.5) is 5.69 Å². The van der Waals surface area contributed by atoms with E-state index in [0.717, 1.165) is 55.1 Å². The fourth-order valence-electron chi connectivity index (χ4n) is 5.18. The first-order valence-electron chi connectivity index (χ1n) is 12.5. The SMILES string of the molecule is COc1cccc(C(=O)Nc2ccc(C)c(CCN3CCC(c4c[nH]c5ccc(Cl)cc45)CC3)c2)c1. The maximum atomic E-state index is 12.7. The number of hydrogen-bond acceptors (Lipinski definition) is 3. The van der Waals surface area contributed by atoms with E-state index in [4.69, 9.17) is 16.3 Å². The molecule has 0 aliphatic carbocycles. The third-order valence-corrected chi connectivity index (χ3v) is 7.57. The van der Waals surface area contributed by atoms with Crippen LogP contribution >= 0.6 is 11.6 Å². The molecule has 6 heteroatoms. The monoisotopic (exact) mass is 501 g/mol. The van der Waals surface area contributed by atoms with Crippen molar-refractivity contribution in [2.24, 2.45) is 0 Å². The predicted molar refractivity (Wildman–Crippen MR) is 148 cm³/mol. The maximum Gasteiger partial charge on any atom is 0.255 e. The van der Waals surface area contributed by atoms with Crippen LogP contribution in [0.3, 0.4) is 0 Å². The Balaban J connectivity index is 1.18. The Labute approximate surface area is 217 Å². The zero-order valence-corrected chi connectivity index (χ0v) is 21.6. The summed E-state index contributed by atoms with van der Waals surface area (Å²) >= 11 is 6.25. The number of methoxy groups -OCH3 is 1. The number of nitrogens with zero attached hydrogens (tertiary/aromatic N) is 1. The summed E-state index contributed by atoms with van der Waals surface area (Å²) in [6, 6.07) is 19.4. The van der Waals surface area contributed by atoms with E-state index in [1.54, 1.807) is 19.2 Å².